The van der Waals surface area contributed by atoms with Crippen LogP contribution in [0.3, 0.4) is 0 Å². The molecule has 2 aliphatic heterocycles. The van der Waals surface area contributed by atoms with Gasteiger partial charge in [0.15, 0.2) is 5.88 Å². The number of carbonyl (C=O) groups is 3. The Morgan fingerprint density at radius 2 is 1.87 bits per heavy atom. The summed E-state index contributed by atoms with van der Waals surface area (Å²) >= 11 is 0. The standard InChI is InChI=1S/C20H19FN4O5/c21-13-1-3-14(4-2-13)22-17(26)12-25-19(27)16(23-20(25)28)11-15-5-6-18(30-15)24-7-9-29-10-8-24/h1-6,11H,7-10,12H2,(H,22,26)(H,23,28)/b16-11-. The molecule has 4 rings (SSSR count). The summed E-state index contributed by atoms with van der Waals surface area (Å²) in [6.45, 7) is 2.16. The van der Waals surface area contributed by atoms with E-state index < -0.39 is 30.2 Å². The number of anilines is 2. The van der Waals surface area contributed by atoms with Crippen LogP contribution in [0.25, 0.3) is 6.08 Å². The molecule has 3 heterocycles. The Balaban J connectivity index is 1.40. The maximum Gasteiger partial charge on any atom is 0.329 e. The number of nitrogens with one attached hydrogen (secondary N) is 2. The van der Waals surface area contributed by atoms with Gasteiger partial charge in [-0.1, -0.05) is 0 Å². The van der Waals surface area contributed by atoms with Crippen LogP contribution in [0, 0.1) is 5.82 Å². The first-order chi connectivity index (χ1) is 14.5. The van der Waals surface area contributed by atoms with Crippen molar-refractivity contribution in [2.45, 2.75) is 0 Å². The van der Waals surface area contributed by atoms with E-state index in [9.17, 15) is 18.8 Å². The number of nitrogens with zero attached hydrogens (tertiary/aromatic N) is 2. The quantitative estimate of drug-likeness (QED) is 0.571. The zero-order valence-corrected chi connectivity index (χ0v) is 15.9. The van der Waals surface area contributed by atoms with Crippen LogP contribution in [0.15, 0.2) is 46.5 Å². The van der Waals surface area contributed by atoms with Crippen LogP contribution in [0.4, 0.5) is 20.8 Å². The molecule has 30 heavy (non-hydrogen) atoms. The number of rotatable bonds is 5. The topological polar surface area (TPSA) is 104 Å². The lowest BCUT2D eigenvalue weighted by molar-refractivity contribution is -0.127. The molecule has 0 saturated carbocycles. The van der Waals surface area contributed by atoms with Gasteiger partial charge in [-0.3, -0.25) is 9.59 Å². The number of benzene rings is 1. The summed E-state index contributed by atoms with van der Waals surface area (Å²) in [5, 5.41) is 4.95. The second-order valence-electron chi connectivity index (χ2n) is 6.71. The van der Waals surface area contributed by atoms with Gasteiger partial charge in [-0.25, -0.2) is 14.1 Å². The van der Waals surface area contributed by atoms with E-state index in [-0.39, 0.29) is 5.70 Å². The van der Waals surface area contributed by atoms with Gasteiger partial charge in [-0.15, -0.1) is 0 Å². The number of carbonyl (C=O) groups excluding carboxylic acids is 3. The molecule has 2 saturated heterocycles. The molecule has 9 nitrogen and oxygen atoms in total. The molecule has 1 aromatic carbocycles. The highest BCUT2D eigenvalue weighted by atomic mass is 19.1. The molecule has 4 amide bonds. The second kappa shape index (κ2) is 8.37. The van der Waals surface area contributed by atoms with Crippen molar-refractivity contribution < 1.29 is 27.9 Å². The van der Waals surface area contributed by atoms with Crippen LogP contribution in [0.1, 0.15) is 5.76 Å². The van der Waals surface area contributed by atoms with Crippen LogP contribution in [0.5, 0.6) is 0 Å². The predicted octanol–water partition coefficient (Wildman–Crippen LogP) is 1.79. The third-order valence-corrected chi connectivity index (χ3v) is 4.61. The number of furan rings is 1. The monoisotopic (exact) mass is 414 g/mol. The van der Waals surface area contributed by atoms with Gasteiger partial charge in [-0.2, -0.15) is 0 Å². The molecular weight excluding hydrogens is 395 g/mol. The predicted molar refractivity (Wildman–Crippen MR) is 105 cm³/mol. The molecule has 0 radical (unpaired) electrons. The van der Waals surface area contributed by atoms with E-state index >= 15 is 0 Å². The molecule has 2 aromatic rings. The molecule has 2 aliphatic rings. The molecule has 10 heteroatoms. The maximum absolute atomic E-state index is 12.9. The Bertz CT molecular complexity index is 995. The van der Waals surface area contributed by atoms with Gasteiger partial charge < -0.3 is 24.7 Å². The summed E-state index contributed by atoms with van der Waals surface area (Å²) in [5.41, 5.74) is 0.368. The normalized spacial score (nSPS) is 18.1. The summed E-state index contributed by atoms with van der Waals surface area (Å²) in [6, 6.07) is 7.92. The highest BCUT2D eigenvalue weighted by molar-refractivity contribution is 6.15. The molecular formula is C20H19FN4O5. The first-order valence-corrected chi connectivity index (χ1v) is 9.32. The number of imide groups is 1. The van der Waals surface area contributed by atoms with E-state index in [2.05, 4.69) is 10.6 Å². The third kappa shape index (κ3) is 4.33. The largest absolute Gasteiger partial charge is 0.441 e. The average molecular weight is 414 g/mol. The van der Waals surface area contributed by atoms with Crippen molar-refractivity contribution in [2.75, 3.05) is 43.1 Å². The Hall–Kier alpha value is -3.66. The van der Waals surface area contributed by atoms with Crippen LogP contribution >= 0.6 is 0 Å². The van der Waals surface area contributed by atoms with Crippen molar-refractivity contribution in [3.8, 4) is 0 Å². The first-order valence-electron chi connectivity index (χ1n) is 9.32. The van der Waals surface area contributed by atoms with Gasteiger partial charge in [0.2, 0.25) is 5.91 Å². The number of halogens is 1. The van der Waals surface area contributed by atoms with Gasteiger partial charge in [0.1, 0.15) is 23.8 Å². The first kappa shape index (κ1) is 19.6. The lowest BCUT2D eigenvalue weighted by atomic mass is 10.3. The van der Waals surface area contributed by atoms with Crippen molar-refractivity contribution in [1.29, 1.82) is 0 Å². The van der Waals surface area contributed by atoms with E-state index in [1.165, 1.54) is 30.3 Å². The molecule has 0 unspecified atom stereocenters. The number of hydrogen-bond acceptors (Lipinski definition) is 6. The summed E-state index contributed by atoms with van der Waals surface area (Å²) in [7, 11) is 0. The van der Waals surface area contributed by atoms with Gasteiger partial charge >= 0.3 is 6.03 Å². The Labute approximate surface area is 171 Å². The van der Waals surface area contributed by atoms with Crippen molar-refractivity contribution in [3.63, 3.8) is 0 Å². The Morgan fingerprint density at radius 1 is 1.13 bits per heavy atom. The molecule has 0 aliphatic carbocycles. The third-order valence-electron chi connectivity index (χ3n) is 4.61. The van der Waals surface area contributed by atoms with Crippen molar-refractivity contribution in [3.05, 3.63) is 53.7 Å². The number of hydrogen-bond donors (Lipinski definition) is 2. The number of morpholine rings is 1. The Kier molecular flexibility index (Phi) is 5.48. The zero-order valence-electron chi connectivity index (χ0n) is 15.9. The molecule has 0 atom stereocenters. The van der Waals surface area contributed by atoms with E-state index in [4.69, 9.17) is 9.15 Å². The molecule has 0 spiro atoms. The minimum atomic E-state index is -0.708. The van der Waals surface area contributed by atoms with E-state index in [0.29, 0.717) is 43.6 Å². The fourth-order valence-corrected chi connectivity index (χ4v) is 3.11. The van der Waals surface area contributed by atoms with E-state index in [1.54, 1.807) is 12.1 Å². The van der Waals surface area contributed by atoms with Crippen LogP contribution in [-0.4, -0.2) is 55.6 Å². The van der Waals surface area contributed by atoms with Crippen molar-refractivity contribution in [1.82, 2.24) is 10.2 Å². The minimum Gasteiger partial charge on any atom is -0.441 e. The van der Waals surface area contributed by atoms with Crippen molar-refractivity contribution >= 4 is 35.5 Å². The molecule has 2 N–H and O–H groups in total. The van der Waals surface area contributed by atoms with Crippen LogP contribution < -0.4 is 15.5 Å². The number of urea groups is 1. The smallest absolute Gasteiger partial charge is 0.329 e. The number of ether oxygens (including phenoxy) is 1. The lowest BCUT2D eigenvalue weighted by Gasteiger charge is -2.26. The molecule has 2 fully saturated rings. The van der Waals surface area contributed by atoms with E-state index in [1.807, 2.05) is 4.90 Å². The van der Waals surface area contributed by atoms with Crippen LogP contribution in [0.2, 0.25) is 0 Å². The second-order valence-corrected chi connectivity index (χ2v) is 6.71. The minimum absolute atomic E-state index is 0.0115. The Morgan fingerprint density at radius 3 is 2.60 bits per heavy atom. The highest BCUT2D eigenvalue weighted by Gasteiger charge is 2.35. The van der Waals surface area contributed by atoms with Crippen molar-refractivity contribution in [2.24, 2.45) is 0 Å². The summed E-state index contributed by atoms with van der Waals surface area (Å²) in [6.07, 6.45) is 1.42. The van der Waals surface area contributed by atoms with Gasteiger partial charge in [0.05, 0.1) is 13.2 Å². The van der Waals surface area contributed by atoms with Gasteiger partial charge in [0.25, 0.3) is 5.91 Å². The highest BCUT2D eigenvalue weighted by Crippen LogP contribution is 2.22. The van der Waals surface area contributed by atoms with Gasteiger partial charge in [-0.05, 0) is 30.3 Å². The SMILES string of the molecule is O=C(CN1C(=O)N/C(=C\c2ccc(N3CCOCC3)o2)C1=O)Nc1ccc(F)cc1. The number of amides is 4. The average Bonchev–Trinajstić information content (AvgIpc) is 3.31. The summed E-state index contributed by atoms with van der Waals surface area (Å²) < 4.78 is 24.0. The maximum atomic E-state index is 12.9. The van der Waals surface area contributed by atoms with E-state index in [0.717, 1.165) is 4.90 Å². The zero-order chi connectivity index (χ0) is 21.1. The molecule has 1 aromatic heterocycles. The lowest BCUT2D eigenvalue weighted by Crippen LogP contribution is -2.38. The fourth-order valence-electron chi connectivity index (χ4n) is 3.11. The summed E-state index contributed by atoms with van der Waals surface area (Å²) in [4.78, 5) is 39.6. The molecule has 0 bridgehead atoms. The van der Waals surface area contributed by atoms with Gasteiger partial charge in [0, 0.05) is 30.9 Å². The summed E-state index contributed by atoms with van der Waals surface area (Å²) in [5.74, 6) is -0.612. The van der Waals surface area contributed by atoms with Crippen LogP contribution in [-0.2, 0) is 14.3 Å². The fraction of sp³-hybridized carbons (Fsp3) is 0.250. The molecule has 156 valence electrons.